The van der Waals surface area contributed by atoms with Crippen molar-refractivity contribution in [2.75, 3.05) is 33.9 Å². The summed E-state index contributed by atoms with van der Waals surface area (Å²) in [4.78, 5) is 13.7. The maximum absolute atomic E-state index is 12.5. The van der Waals surface area contributed by atoms with Gasteiger partial charge in [0.25, 0.3) is 5.91 Å². The Labute approximate surface area is 168 Å². The van der Waals surface area contributed by atoms with Gasteiger partial charge in [-0.15, -0.1) is 0 Å². The van der Waals surface area contributed by atoms with Crippen molar-refractivity contribution in [2.24, 2.45) is 5.92 Å². The van der Waals surface area contributed by atoms with Gasteiger partial charge in [0.2, 0.25) is 0 Å². The number of benzene rings is 1. The third-order valence-electron chi connectivity index (χ3n) is 6.52. The lowest BCUT2D eigenvalue weighted by Gasteiger charge is -2.50. The van der Waals surface area contributed by atoms with Crippen LogP contribution in [-0.2, 0) is 4.79 Å². The number of quaternary nitrogens is 1. The molecule has 1 aromatic rings. The van der Waals surface area contributed by atoms with E-state index < -0.39 is 5.60 Å². The van der Waals surface area contributed by atoms with Crippen LogP contribution >= 0.6 is 0 Å². The van der Waals surface area contributed by atoms with Gasteiger partial charge in [0.1, 0.15) is 17.5 Å². The molecule has 2 aliphatic rings. The molecule has 1 amide bonds. The Bertz CT molecular complexity index is 681. The Hall–Kier alpha value is -1.79. The fourth-order valence-electron chi connectivity index (χ4n) is 5.10. The molecule has 1 aromatic carbocycles. The number of carbonyl (C=O) groups excluding carboxylic acids is 1. The highest BCUT2D eigenvalue weighted by Crippen LogP contribution is 2.46. The lowest BCUT2D eigenvalue weighted by atomic mass is 9.66. The molecule has 1 saturated carbocycles. The van der Waals surface area contributed by atoms with E-state index in [4.69, 9.17) is 9.47 Å². The molecule has 1 heterocycles. The maximum atomic E-state index is 12.5. The van der Waals surface area contributed by atoms with E-state index in [0.29, 0.717) is 13.1 Å². The number of fused-ring (bicyclic) bond motifs is 1. The molecule has 28 heavy (non-hydrogen) atoms. The van der Waals surface area contributed by atoms with Crippen molar-refractivity contribution in [1.82, 2.24) is 5.32 Å². The molecule has 1 aliphatic carbocycles. The van der Waals surface area contributed by atoms with Crippen LogP contribution in [0, 0.1) is 5.92 Å². The number of carbonyl (C=O) groups is 1. The van der Waals surface area contributed by atoms with Crippen LogP contribution in [-0.4, -0.2) is 50.5 Å². The largest absolute Gasteiger partial charge is 0.497 e. The summed E-state index contributed by atoms with van der Waals surface area (Å²) in [5, 5.41) is 14.4. The van der Waals surface area contributed by atoms with Crippen LogP contribution in [0.2, 0.25) is 0 Å². The predicted molar refractivity (Wildman–Crippen MR) is 108 cm³/mol. The summed E-state index contributed by atoms with van der Waals surface area (Å²) in [5.74, 6) is 1.73. The van der Waals surface area contributed by atoms with Crippen molar-refractivity contribution in [1.29, 1.82) is 0 Å². The van der Waals surface area contributed by atoms with E-state index >= 15 is 0 Å². The number of aliphatic hydroxyl groups is 1. The van der Waals surface area contributed by atoms with Gasteiger partial charge in [0.15, 0.2) is 6.54 Å². The van der Waals surface area contributed by atoms with Gasteiger partial charge in [-0.2, -0.15) is 0 Å². The van der Waals surface area contributed by atoms with Gasteiger partial charge in [-0.3, -0.25) is 4.79 Å². The number of hydrogen-bond acceptors (Lipinski definition) is 4. The van der Waals surface area contributed by atoms with Crippen LogP contribution in [0.1, 0.15) is 57.1 Å². The molecule has 0 aromatic heterocycles. The van der Waals surface area contributed by atoms with Crippen LogP contribution in [0.5, 0.6) is 11.5 Å². The molecule has 1 unspecified atom stereocenters. The maximum Gasteiger partial charge on any atom is 0.275 e. The summed E-state index contributed by atoms with van der Waals surface area (Å²) in [7, 11) is 3.31. The van der Waals surface area contributed by atoms with Gasteiger partial charge < -0.3 is 24.8 Å². The second-order valence-electron chi connectivity index (χ2n) is 8.23. The molecule has 3 N–H and O–H groups in total. The lowest BCUT2D eigenvalue weighted by Crippen LogP contribution is -3.16. The van der Waals surface area contributed by atoms with Crippen LogP contribution < -0.4 is 19.7 Å². The van der Waals surface area contributed by atoms with Gasteiger partial charge in [0.05, 0.1) is 31.9 Å². The smallest absolute Gasteiger partial charge is 0.275 e. The molecular weight excluding hydrogens is 356 g/mol. The fourth-order valence-corrected chi connectivity index (χ4v) is 5.10. The van der Waals surface area contributed by atoms with Crippen molar-refractivity contribution in [2.45, 2.75) is 57.1 Å². The van der Waals surface area contributed by atoms with Crippen molar-refractivity contribution < 1.29 is 24.3 Å². The van der Waals surface area contributed by atoms with Gasteiger partial charge >= 0.3 is 0 Å². The summed E-state index contributed by atoms with van der Waals surface area (Å²) < 4.78 is 11.1. The zero-order valence-electron chi connectivity index (χ0n) is 17.4. The number of nitrogens with one attached hydrogen (secondary N) is 2. The zero-order valence-corrected chi connectivity index (χ0v) is 17.4. The second kappa shape index (κ2) is 9.14. The lowest BCUT2D eigenvalue weighted by molar-refractivity contribution is -0.937. The highest BCUT2D eigenvalue weighted by atomic mass is 16.5. The summed E-state index contributed by atoms with van der Waals surface area (Å²) in [6, 6.07) is 5.93. The Morgan fingerprint density at radius 2 is 2.11 bits per heavy atom. The predicted octanol–water partition coefficient (Wildman–Crippen LogP) is 1.48. The molecule has 156 valence electrons. The topological polar surface area (TPSA) is 72.2 Å². The molecule has 0 spiro atoms. The number of ether oxygens (including phenoxy) is 2. The van der Waals surface area contributed by atoms with E-state index in [1.807, 2.05) is 18.2 Å². The minimum atomic E-state index is -0.642. The van der Waals surface area contributed by atoms with E-state index in [1.54, 1.807) is 14.2 Å². The molecule has 6 heteroatoms. The first-order valence-corrected chi connectivity index (χ1v) is 10.6. The summed E-state index contributed by atoms with van der Waals surface area (Å²) in [6.45, 7) is 3.97. The van der Waals surface area contributed by atoms with E-state index in [0.717, 1.165) is 62.1 Å². The van der Waals surface area contributed by atoms with Crippen molar-refractivity contribution in [3.63, 3.8) is 0 Å². The number of amides is 1. The summed E-state index contributed by atoms with van der Waals surface area (Å²) >= 11 is 0. The molecule has 2 fully saturated rings. The number of piperidine rings is 1. The van der Waals surface area contributed by atoms with Gasteiger partial charge in [-0.1, -0.05) is 19.8 Å². The van der Waals surface area contributed by atoms with Crippen LogP contribution in [0.4, 0.5) is 0 Å². The highest BCUT2D eigenvalue weighted by Gasteiger charge is 2.52. The zero-order chi connectivity index (χ0) is 20.1. The number of rotatable bonds is 7. The first-order valence-electron chi connectivity index (χ1n) is 10.6. The van der Waals surface area contributed by atoms with E-state index in [1.165, 1.54) is 4.90 Å². The Morgan fingerprint density at radius 3 is 2.82 bits per heavy atom. The number of methoxy groups -OCH3 is 2. The average Bonchev–Trinajstić information content (AvgIpc) is 2.71. The average molecular weight is 392 g/mol. The summed E-state index contributed by atoms with van der Waals surface area (Å²) in [6.07, 6.45) is 5.71. The molecule has 1 saturated heterocycles. The molecular formula is C22H35N2O4+. The normalized spacial score (nSPS) is 29.6. The van der Waals surface area contributed by atoms with E-state index in [2.05, 4.69) is 12.2 Å². The molecule has 6 nitrogen and oxygen atoms in total. The van der Waals surface area contributed by atoms with Crippen molar-refractivity contribution >= 4 is 5.91 Å². The Balaban J connectivity index is 1.95. The fraction of sp³-hybridized carbons (Fsp3) is 0.682. The Morgan fingerprint density at radius 1 is 1.29 bits per heavy atom. The Kier molecular flexibility index (Phi) is 6.83. The number of likely N-dealkylation sites (tertiary alicyclic amines) is 1. The number of hydrogen-bond donors (Lipinski definition) is 3. The first-order chi connectivity index (χ1) is 13.5. The molecule has 4 atom stereocenters. The van der Waals surface area contributed by atoms with E-state index in [-0.39, 0.29) is 17.9 Å². The van der Waals surface area contributed by atoms with Crippen molar-refractivity contribution in [3.05, 3.63) is 23.8 Å². The highest BCUT2D eigenvalue weighted by molar-refractivity contribution is 5.76. The molecule has 0 radical (unpaired) electrons. The van der Waals surface area contributed by atoms with Crippen LogP contribution in [0.15, 0.2) is 18.2 Å². The third kappa shape index (κ3) is 4.28. The van der Waals surface area contributed by atoms with Gasteiger partial charge in [0, 0.05) is 24.9 Å². The van der Waals surface area contributed by atoms with Crippen LogP contribution in [0.25, 0.3) is 0 Å². The van der Waals surface area contributed by atoms with Crippen molar-refractivity contribution in [3.8, 4) is 11.5 Å². The SMILES string of the molecule is CCCNC(=O)C[NH+]1CC[C@]2(O)CCCC[C@@H]2[C@H]1c1ccc(OC)cc1OC. The standard InChI is InChI=1S/C22H34N2O4/c1-4-12-23-20(25)15-24-13-11-22(26)10-6-5-7-18(22)21(24)17-9-8-16(27-2)14-19(17)28-3/h8-9,14,18,21,26H,4-7,10-13,15H2,1-3H3,(H,23,25)/p+1/t18-,21-,22-/m1/s1. The van der Waals surface area contributed by atoms with Gasteiger partial charge in [-0.05, 0) is 31.4 Å². The second-order valence-corrected chi connectivity index (χ2v) is 8.23. The minimum Gasteiger partial charge on any atom is -0.497 e. The summed E-state index contributed by atoms with van der Waals surface area (Å²) in [5.41, 5.74) is 0.420. The monoisotopic (exact) mass is 391 g/mol. The van der Waals surface area contributed by atoms with Gasteiger partial charge in [-0.25, -0.2) is 0 Å². The molecule has 0 bridgehead atoms. The quantitative estimate of drug-likeness (QED) is 0.658. The third-order valence-corrected chi connectivity index (χ3v) is 6.52. The van der Waals surface area contributed by atoms with Crippen LogP contribution in [0.3, 0.4) is 0 Å². The molecule has 1 aliphatic heterocycles. The minimum absolute atomic E-state index is 0.0345. The first kappa shape index (κ1) is 20.9. The van der Waals surface area contributed by atoms with E-state index in [9.17, 15) is 9.90 Å². The molecule has 3 rings (SSSR count).